The van der Waals surface area contributed by atoms with E-state index in [4.69, 9.17) is 9.84 Å². The third-order valence-electron chi connectivity index (χ3n) is 3.97. The monoisotopic (exact) mass is 232 g/mol. The van der Waals surface area contributed by atoms with Crippen LogP contribution in [0.2, 0.25) is 0 Å². The van der Waals surface area contributed by atoms with Crippen molar-refractivity contribution >= 4 is 5.97 Å². The Hall–Kier alpha value is -1.35. The molecular weight excluding hydrogens is 216 g/mol. The number of benzene rings is 1. The van der Waals surface area contributed by atoms with Gasteiger partial charge < -0.3 is 9.84 Å². The lowest BCUT2D eigenvalue weighted by atomic mass is 9.78. The summed E-state index contributed by atoms with van der Waals surface area (Å²) in [6, 6.07) is 10.2. The van der Waals surface area contributed by atoms with Gasteiger partial charge in [0, 0.05) is 6.42 Å². The fourth-order valence-electron chi connectivity index (χ4n) is 3.00. The van der Waals surface area contributed by atoms with Crippen LogP contribution < -0.4 is 0 Å². The molecule has 3 heteroatoms. The zero-order valence-corrected chi connectivity index (χ0v) is 9.63. The molecule has 1 N–H and O–H groups in total. The van der Waals surface area contributed by atoms with E-state index in [9.17, 15) is 4.79 Å². The van der Waals surface area contributed by atoms with E-state index in [0.717, 1.165) is 19.3 Å². The molecule has 0 spiro atoms. The Bertz CT molecular complexity index is 428. The van der Waals surface area contributed by atoms with Crippen LogP contribution in [-0.2, 0) is 16.0 Å². The number of hydrogen-bond acceptors (Lipinski definition) is 2. The van der Waals surface area contributed by atoms with Crippen LogP contribution >= 0.6 is 0 Å². The molecule has 0 radical (unpaired) electrons. The number of ether oxygens (including phenoxy) is 1. The average Bonchev–Trinajstić information content (AvgIpc) is 3.03. The Balaban J connectivity index is 1.73. The minimum absolute atomic E-state index is 0.178. The van der Waals surface area contributed by atoms with Gasteiger partial charge in [-0.05, 0) is 24.8 Å². The minimum Gasteiger partial charge on any atom is -0.481 e. The first kappa shape index (κ1) is 10.8. The van der Waals surface area contributed by atoms with Crippen molar-refractivity contribution in [3.63, 3.8) is 0 Å². The van der Waals surface area contributed by atoms with Crippen molar-refractivity contribution in [3.05, 3.63) is 35.9 Å². The van der Waals surface area contributed by atoms with Crippen LogP contribution in [0.25, 0.3) is 0 Å². The number of rotatable bonds is 3. The van der Waals surface area contributed by atoms with Crippen molar-refractivity contribution in [2.24, 2.45) is 5.92 Å². The molecule has 1 aliphatic carbocycles. The SMILES string of the molecule is O=C(O)[C@@H]1CC[C@@H]2O[C@@]2(Cc2ccccc2)C1. The van der Waals surface area contributed by atoms with Crippen LogP contribution in [0.3, 0.4) is 0 Å². The molecule has 1 aromatic carbocycles. The highest BCUT2D eigenvalue weighted by Gasteiger charge is 2.59. The van der Waals surface area contributed by atoms with Gasteiger partial charge in [0.2, 0.25) is 0 Å². The Morgan fingerprint density at radius 3 is 2.82 bits per heavy atom. The quantitative estimate of drug-likeness (QED) is 0.813. The van der Waals surface area contributed by atoms with Gasteiger partial charge in [-0.1, -0.05) is 30.3 Å². The first-order valence-corrected chi connectivity index (χ1v) is 6.14. The van der Waals surface area contributed by atoms with Crippen LogP contribution in [0, 0.1) is 5.92 Å². The highest BCUT2D eigenvalue weighted by Crippen LogP contribution is 2.51. The summed E-state index contributed by atoms with van der Waals surface area (Å²) < 4.78 is 5.79. The summed E-state index contributed by atoms with van der Waals surface area (Å²) in [5.41, 5.74) is 1.06. The lowest BCUT2D eigenvalue weighted by Gasteiger charge is -2.22. The average molecular weight is 232 g/mol. The van der Waals surface area contributed by atoms with Crippen LogP contribution in [0.1, 0.15) is 24.8 Å². The van der Waals surface area contributed by atoms with Gasteiger partial charge in [-0.2, -0.15) is 0 Å². The maximum atomic E-state index is 11.1. The van der Waals surface area contributed by atoms with Crippen LogP contribution in [0.15, 0.2) is 30.3 Å². The second-order valence-corrected chi connectivity index (χ2v) is 5.15. The van der Waals surface area contributed by atoms with Crippen molar-refractivity contribution in [2.75, 3.05) is 0 Å². The predicted molar refractivity (Wildman–Crippen MR) is 62.7 cm³/mol. The Morgan fingerprint density at radius 1 is 1.35 bits per heavy atom. The molecule has 0 unspecified atom stereocenters. The van der Waals surface area contributed by atoms with E-state index >= 15 is 0 Å². The Kier molecular flexibility index (Phi) is 2.44. The van der Waals surface area contributed by atoms with Crippen molar-refractivity contribution < 1.29 is 14.6 Å². The summed E-state index contributed by atoms with van der Waals surface area (Å²) in [7, 11) is 0. The molecule has 90 valence electrons. The van der Waals surface area contributed by atoms with E-state index in [0.29, 0.717) is 12.5 Å². The number of fused-ring (bicyclic) bond motifs is 1. The summed E-state index contributed by atoms with van der Waals surface area (Å²) in [5.74, 6) is -0.899. The number of carboxylic acid groups (broad SMARTS) is 1. The molecule has 1 saturated carbocycles. The topological polar surface area (TPSA) is 49.8 Å². The zero-order valence-electron chi connectivity index (χ0n) is 9.63. The number of aliphatic carboxylic acids is 1. The highest BCUT2D eigenvalue weighted by molar-refractivity contribution is 5.70. The molecule has 2 aliphatic rings. The molecule has 1 saturated heterocycles. The maximum Gasteiger partial charge on any atom is 0.306 e. The number of epoxide rings is 1. The van der Waals surface area contributed by atoms with Gasteiger partial charge in [-0.25, -0.2) is 0 Å². The fourth-order valence-corrected chi connectivity index (χ4v) is 3.00. The van der Waals surface area contributed by atoms with Gasteiger partial charge in [-0.3, -0.25) is 4.79 Å². The van der Waals surface area contributed by atoms with Crippen LogP contribution in [0.5, 0.6) is 0 Å². The van der Waals surface area contributed by atoms with E-state index in [1.165, 1.54) is 5.56 Å². The molecule has 3 atom stereocenters. The molecule has 2 fully saturated rings. The zero-order chi connectivity index (χ0) is 11.9. The molecule has 0 aromatic heterocycles. The number of carboxylic acids is 1. The second-order valence-electron chi connectivity index (χ2n) is 5.15. The number of hydrogen-bond donors (Lipinski definition) is 1. The maximum absolute atomic E-state index is 11.1. The van der Waals surface area contributed by atoms with E-state index in [1.807, 2.05) is 18.2 Å². The summed E-state index contributed by atoms with van der Waals surface area (Å²) in [4.78, 5) is 11.1. The van der Waals surface area contributed by atoms with E-state index in [1.54, 1.807) is 0 Å². The molecule has 1 aromatic rings. The molecule has 3 rings (SSSR count). The molecular formula is C14H16O3. The van der Waals surface area contributed by atoms with Gasteiger partial charge in [-0.15, -0.1) is 0 Å². The minimum atomic E-state index is -0.675. The first-order chi connectivity index (χ1) is 8.20. The lowest BCUT2D eigenvalue weighted by molar-refractivity contribution is -0.143. The number of carbonyl (C=O) groups is 1. The van der Waals surface area contributed by atoms with E-state index in [2.05, 4.69) is 12.1 Å². The second kappa shape index (κ2) is 3.84. The van der Waals surface area contributed by atoms with Crippen molar-refractivity contribution in [2.45, 2.75) is 37.4 Å². The standard InChI is InChI=1S/C14H16O3/c15-13(16)11-6-7-12-14(9-11,17-12)8-10-4-2-1-3-5-10/h1-5,11-12H,6-9H2,(H,15,16)/t11-,12+,14+/m1/s1. The largest absolute Gasteiger partial charge is 0.481 e. The van der Waals surface area contributed by atoms with Gasteiger partial charge >= 0.3 is 5.97 Å². The van der Waals surface area contributed by atoms with Gasteiger partial charge in [0.1, 0.15) is 0 Å². The van der Waals surface area contributed by atoms with Gasteiger partial charge in [0.25, 0.3) is 0 Å². The van der Waals surface area contributed by atoms with Crippen molar-refractivity contribution in [3.8, 4) is 0 Å². The summed E-state index contributed by atoms with van der Waals surface area (Å²) in [5, 5.41) is 9.10. The summed E-state index contributed by atoms with van der Waals surface area (Å²) >= 11 is 0. The molecule has 1 heterocycles. The third kappa shape index (κ3) is 1.95. The highest BCUT2D eigenvalue weighted by atomic mass is 16.6. The molecule has 1 aliphatic heterocycles. The molecule has 17 heavy (non-hydrogen) atoms. The first-order valence-electron chi connectivity index (χ1n) is 6.14. The molecule has 0 bridgehead atoms. The Morgan fingerprint density at radius 2 is 2.12 bits per heavy atom. The van der Waals surface area contributed by atoms with Gasteiger partial charge in [0.15, 0.2) is 0 Å². The van der Waals surface area contributed by atoms with E-state index in [-0.39, 0.29) is 11.5 Å². The Labute approximate surface area is 100 Å². The van der Waals surface area contributed by atoms with Crippen LogP contribution in [0.4, 0.5) is 0 Å². The van der Waals surface area contributed by atoms with Gasteiger partial charge in [0.05, 0.1) is 17.6 Å². The van der Waals surface area contributed by atoms with Crippen molar-refractivity contribution in [1.82, 2.24) is 0 Å². The van der Waals surface area contributed by atoms with Crippen LogP contribution in [-0.4, -0.2) is 22.8 Å². The summed E-state index contributed by atoms with van der Waals surface area (Å²) in [6.45, 7) is 0. The normalized spacial score (nSPS) is 35.1. The molecule has 3 nitrogen and oxygen atoms in total. The fraction of sp³-hybridized carbons (Fsp3) is 0.500. The third-order valence-corrected chi connectivity index (χ3v) is 3.97. The lowest BCUT2D eigenvalue weighted by Crippen LogP contribution is -2.31. The molecule has 0 amide bonds. The predicted octanol–water partition coefficient (Wildman–Crippen LogP) is 2.25. The summed E-state index contributed by atoms with van der Waals surface area (Å²) in [6.07, 6.45) is 3.46. The van der Waals surface area contributed by atoms with E-state index < -0.39 is 5.97 Å². The van der Waals surface area contributed by atoms with Crippen molar-refractivity contribution in [1.29, 1.82) is 0 Å². The smallest absolute Gasteiger partial charge is 0.306 e.